The minimum Gasteiger partial charge on any atom is -0.396 e. The Balaban J connectivity index is 1.40. The second-order valence-electron chi connectivity index (χ2n) is 9.39. The van der Waals surface area contributed by atoms with E-state index in [0.717, 1.165) is 5.69 Å². The number of amides is 2. The molecule has 6 rings (SSSR count). The minimum absolute atomic E-state index is 0.0674. The number of hydrogen-bond acceptors (Lipinski definition) is 8. The molecule has 0 radical (unpaired) electrons. The maximum Gasteiger partial charge on any atom is 0.262 e. The van der Waals surface area contributed by atoms with Gasteiger partial charge in [0.2, 0.25) is 5.91 Å². The summed E-state index contributed by atoms with van der Waals surface area (Å²) in [5.74, 6) is -0.316. The van der Waals surface area contributed by atoms with Crippen LogP contribution in [0.15, 0.2) is 30.6 Å². The highest BCUT2D eigenvalue weighted by Crippen LogP contribution is 2.42. The first-order valence-electron chi connectivity index (χ1n) is 11.7. The van der Waals surface area contributed by atoms with Crippen LogP contribution in [0.5, 0.6) is 0 Å². The Morgan fingerprint density at radius 1 is 1.16 bits per heavy atom. The molecule has 6 N–H and O–H groups in total. The van der Waals surface area contributed by atoms with Gasteiger partial charge in [-0.3, -0.25) is 19.3 Å². The SMILES string of the molecule is Cc1c(-c2cc3cc(Nc4cc5n(n4)CC(=O)NCC5)ncc3c(N)c2F)cnc2c1NC(=O)[C@]2(C)O. The van der Waals surface area contributed by atoms with Gasteiger partial charge >= 0.3 is 0 Å². The van der Waals surface area contributed by atoms with Gasteiger partial charge < -0.3 is 26.8 Å². The van der Waals surface area contributed by atoms with Crippen LogP contribution in [0.1, 0.15) is 23.9 Å². The van der Waals surface area contributed by atoms with E-state index in [4.69, 9.17) is 5.73 Å². The van der Waals surface area contributed by atoms with Gasteiger partial charge in [-0.15, -0.1) is 0 Å². The highest BCUT2D eigenvalue weighted by atomic mass is 19.1. The van der Waals surface area contributed by atoms with Gasteiger partial charge in [0.1, 0.15) is 18.1 Å². The number of pyridine rings is 2. The lowest BCUT2D eigenvalue weighted by molar-refractivity contribution is -0.132. The molecule has 0 saturated carbocycles. The molecule has 4 aromatic rings. The van der Waals surface area contributed by atoms with Crippen molar-refractivity contribution in [2.45, 2.75) is 32.4 Å². The summed E-state index contributed by atoms with van der Waals surface area (Å²) in [4.78, 5) is 32.6. The van der Waals surface area contributed by atoms with Crippen LogP contribution >= 0.6 is 0 Å². The van der Waals surface area contributed by atoms with Gasteiger partial charge in [-0.05, 0) is 36.9 Å². The lowest BCUT2D eigenvalue weighted by Gasteiger charge is -2.16. The summed E-state index contributed by atoms with van der Waals surface area (Å²) in [6.45, 7) is 3.78. The zero-order valence-corrected chi connectivity index (χ0v) is 20.0. The number of carbonyl (C=O) groups excluding carboxylic acids is 2. The number of nitrogens with two attached hydrogens (primary N) is 1. The molecule has 2 aliphatic rings. The number of nitrogen functional groups attached to an aromatic ring is 1. The molecular weight excluding hydrogens is 479 g/mol. The summed E-state index contributed by atoms with van der Waals surface area (Å²) >= 11 is 0. The Morgan fingerprint density at radius 2 is 1.97 bits per heavy atom. The molecule has 0 aliphatic carbocycles. The Kier molecular flexibility index (Phi) is 4.92. The van der Waals surface area contributed by atoms with E-state index in [9.17, 15) is 14.7 Å². The lowest BCUT2D eigenvalue weighted by Crippen LogP contribution is -2.30. The predicted octanol–water partition coefficient (Wildman–Crippen LogP) is 2.10. The third-order valence-corrected chi connectivity index (χ3v) is 6.89. The third kappa shape index (κ3) is 3.56. The fourth-order valence-electron chi connectivity index (χ4n) is 4.81. The van der Waals surface area contributed by atoms with Crippen molar-refractivity contribution in [1.82, 2.24) is 25.1 Å². The molecule has 188 valence electrons. The van der Waals surface area contributed by atoms with Gasteiger partial charge in [0.05, 0.1) is 11.4 Å². The fourth-order valence-corrected chi connectivity index (χ4v) is 4.81. The van der Waals surface area contributed by atoms with Gasteiger partial charge in [-0.2, -0.15) is 5.10 Å². The van der Waals surface area contributed by atoms with Crippen LogP contribution in [-0.2, 0) is 28.2 Å². The van der Waals surface area contributed by atoms with Crippen molar-refractivity contribution in [3.8, 4) is 11.1 Å². The van der Waals surface area contributed by atoms with E-state index in [0.29, 0.717) is 52.2 Å². The number of anilines is 4. The Morgan fingerprint density at radius 3 is 2.78 bits per heavy atom. The number of aliphatic hydroxyl groups is 1. The summed E-state index contributed by atoms with van der Waals surface area (Å²) < 4.78 is 17.1. The molecule has 1 aromatic carbocycles. The molecule has 12 heteroatoms. The van der Waals surface area contributed by atoms with Gasteiger partial charge in [0, 0.05) is 53.6 Å². The Hall–Kier alpha value is -4.58. The molecule has 0 fully saturated rings. The number of nitrogens with zero attached hydrogens (tertiary/aromatic N) is 4. The molecule has 1 atom stereocenters. The highest BCUT2D eigenvalue weighted by molar-refractivity contribution is 6.06. The molecule has 0 spiro atoms. The van der Waals surface area contributed by atoms with Gasteiger partial charge in [-0.25, -0.2) is 9.37 Å². The van der Waals surface area contributed by atoms with Gasteiger partial charge in [-0.1, -0.05) is 0 Å². The van der Waals surface area contributed by atoms with E-state index in [1.807, 2.05) is 6.07 Å². The van der Waals surface area contributed by atoms with E-state index in [2.05, 4.69) is 31.0 Å². The van der Waals surface area contributed by atoms with E-state index in [1.165, 1.54) is 19.3 Å². The van der Waals surface area contributed by atoms with Crippen molar-refractivity contribution in [3.63, 3.8) is 0 Å². The van der Waals surface area contributed by atoms with E-state index < -0.39 is 17.3 Å². The number of rotatable bonds is 3. The Labute approximate surface area is 209 Å². The highest BCUT2D eigenvalue weighted by Gasteiger charge is 2.43. The minimum atomic E-state index is -1.76. The van der Waals surface area contributed by atoms with Crippen LogP contribution in [0.2, 0.25) is 0 Å². The van der Waals surface area contributed by atoms with Crippen LogP contribution < -0.4 is 21.7 Å². The summed E-state index contributed by atoms with van der Waals surface area (Å²) in [6.07, 6.45) is 3.58. The first-order valence-corrected chi connectivity index (χ1v) is 11.7. The van der Waals surface area contributed by atoms with Crippen LogP contribution in [0.4, 0.5) is 27.4 Å². The van der Waals surface area contributed by atoms with Gasteiger partial charge in [0.15, 0.2) is 17.2 Å². The smallest absolute Gasteiger partial charge is 0.262 e. The molecule has 5 heterocycles. The number of nitrogens with one attached hydrogen (secondary N) is 3. The third-order valence-electron chi connectivity index (χ3n) is 6.89. The van der Waals surface area contributed by atoms with Crippen LogP contribution in [-0.4, -0.2) is 43.2 Å². The second-order valence-corrected chi connectivity index (χ2v) is 9.39. The van der Waals surface area contributed by atoms with E-state index in [1.54, 1.807) is 23.7 Å². The summed E-state index contributed by atoms with van der Waals surface area (Å²) in [5, 5.41) is 24.6. The largest absolute Gasteiger partial charge is 0.396 e. The van der Waals surface area contributed by atoms with Gasteiger partial charge in [0.25, 0.3) is 5.91 Å². The average molecular weight is 503 g/mol. The van der Waals surface area contributed by atoms with Crippen LogP contribution in [0.25, 0.3) is 21.9 Å². The van der Waals surface area contributed by atoms with Crippen molar-refractivity contribution < 1.29 is 19.1 Å². The molecule has 3 aromatic heterocycles. The van der Waals surface area contributed by atoms with E-state index >= 15 is 4.39 Å². The maximum atomic E-state index is 15.4. The number of fused-ring (bicyclic) bond motifs is 3. The summed E-state index contributed by atoms with van der Waals surface area (Å²) in [6, 6.07) is 5.24. The van der Waals surface area contributed by atoms with E-state index in [-0.39, 0.29) is 29.4 Å². The molecular formula is C25H23FN8O3. The Bertz CT molecular complexity index is 1650. The number of carbonyl (C=O) groups is 2. The van der Waals surface area contributed by atoms with Crippen molar-refractivity contribution in [3.05, 3.63) is 53.4 Å². The molecule has 0 bridgehead atoms. The number of benzene rings is 1. The molecule has 11 nitrogen and oxygen atoms in total. The first kappa shape index (κ1) is 22.9. The monoisotopic (exact) mass is 502 g/mol. The van der Waals surface area contributed by atoms with Crippen molar-refractivity contribution in [2.75, 3.05) is 22.9 Å². The molecule has 37 heavy (non-hydrogen) atoms. The van der Waals surface area contributed by atoms with Crippen molar-refractivity contribution in [2.24, 2.45) is 0 Å². The number of hydrogen-bond donors (Lipinski definition) is 5. The second kappa shape index (κ2) is 7.96. The number of aromatic nitrogens is 4. The molecule has 0 saturated heterocycles. The zero-order valence-electron chi connectivity index (χ0n) is 20.0. The average Bonchev–Trinajstić information content (AvgIpc) is 3.26. The molecule has 2 aliphatic heterocycles. The van der Waals surface area contributed by atoms with Crippen molar-refractivity contribution in [1.29, 1.82) is 0 Å². The maximum absolute atomic E-state index is 15.4. The quantitative estimate of drug-likeness (QED) is 0.266. The fraction of sp³-hybridized carbons (Fsp3) is 0.240. The normalized spacial score (nSPS) is 18.7. The topological polar surface area (TPSA) is 160 Å². The first-order chi connectivity index (χ1) is 17.6. The number of halogens is 1. The van der Waals surface area contributed by atoms with Crippen LogP contribution in [0.3, 0.4) is 0 Å². The standard InChI is InChI=1S/C25H23FN8O3/c1-11-15(8-30-23-22(11)32-24(36)25(23,2)37)14-5-12-6-17(29-9-16(12)21(27)20(14)26)31-18-7-13-3-4-28-19(35)10-34(13)33-18/h5-9,37H,3-4,10,27H2,1-2H3,(H,28,35)(H,32,36)(H,29,31,33)/t25-/m1/s1. The zero-order chi connectivity index (χ0) is 26.1. The van der Waals surface area contributed by atoms with Crippen molar-refractivity contribution >= 4 is 45.6 Å². The predicted molar refractivity (Wildman–Crippen MR) is 135 cm³/mol. The molecule has 0 unspecified atom stereocenters. The lowest BCUT2D eigenvalue weighted by atomic mass is 9.95. The molecule has 2 amide bonds. The summed E-state index contributed by atoms with van der Waals surface area (Å²) in [5.41, 5.74) is 7.00. The van der Waals surface area contributed by atoms with Crippen LogP contribution in [0, 0.1) is 12.7 Å². The summed E-state index contributed by atoms with van der Waals surface area (Å²) in [7, 11) is 0.